The fourth-order valence-corrected chi connectivity index (χ4v) is 1.48. The molecule has 0 aromatic carbocycles. The molecule has 2 rings (SSSR count). The number of carbonyl (C=O) groups is 1. The van der Waals surface area contributed by atoms with E-state index in [0.717, 1.165) is 30.4 Å². The number of nitrogens with zero attached hydrogens (tertiary/aromatic N) is 1. The number of rotatable bonds is 4. The van der Waals surface area contributed by atoms with Crippen molar-refractivity contribution >= 4 is 6.29 Å². The molecular formula is C12H15NO2. The van der Waals surface area contributed by atoms with Crippen molar-refractivity contribution < 1.29 is 9.53 Å². The van der Waals surface area contributed by atoms with Gasteiger partial charge in [0.05, 0.1) is 12.3 Å². The van der Waals surface area contributed by atoms with Crippen LogP contribution in [0.15, 0.2) is 12.3 Å². The number of carbonyl (C=O) groups excluding carboxylic acids is 1. The van der Waals surface area contributed by atoms with E-state index in [0.29, 0.717) is 17.7 Å². The second-order valence-electron chi connectivity index (χ2n) is 4.24. The van der Waals surface area contributed by atoms with Gasteiger partial charge in [-0.25, -0.2) is 4.98 Å². The maximum absolute atomic E-state index is 10.8. The molecule has 0 saturated heterocycles. The summed E-state index contributed by atoms with van der Waals surface area (Å²) in [5, 5.41) is 0. The number of aldehydes is 1. The van der Waals surface area contributed by atoms with Gasteiger partial charge in [-0.1, -0.05) is 13.8 Å². The minimum atomic E-state index is 0.292. The van der Waals surface area contributed by atoms with E-state index in [2.05, 4.69) is 4.98 Å². The SMILES string of the molecule is CC(C)c1cc(OC2CC2)cnc1C=O. The van der Waals surface area contributed by atoms with E-state index in [9.17, 15) is 4.79 Å². The van der Waals surface area contributed by atoms with Crippen LogP contribution < -0.4 is 4.74 Å². The number of aromatic nitrogens is 1. The Morgan fingerprint density at radius 1 is 1.53 bits per heavy atom. The third kappa shape index (κ3) is 2.35. The van der Waals surface area contributed by atoms with Crippen LogP contribution in [-0.4, -0.2) is 17.4 Å². The molecule has 1 aromatic heterocycles. The molecule has 0 amide bonds. The Labute approximate surface area is 89.5 Å². The summed E-state index contributed by atoms with van der Waals surface area (Å²) in [5.74, 6) is 1.08. The van der Waals surface area contributed by atoms with Gasteiger partial charge >= 0.3 is 0 Å². The molecule has 1 heterocycles. The molecule has 0 spiro atoms. The van der Waals surface area contributed by atoms with Gasteiger partial charge in [0.15, 0.2) is 6.29 Å². The topological polar surface area (TPSA) is 39.2 Å². The molecule has 3 nitrogen and oxygen atoms in total. The van der Waals surface area contributed by atoms with Crippen LogP contribution in [0.5, 0.6) is 5.75 Å². The third-order valence-corrected chi connectivity index (χ3v) is 2.49. The largest absolute Gasteiger partial charge is 0.489 e. The summed E-state index contributed by atoms with van der Waals surface area (Å²) >= 11 is 0. The van der Waals surface area contributed by atoms with E-state index in [1.807, 2.05) is 19.9 Å². The average molecular weight is 205 g/mol. The molecule has 1 aliphatic rings. The zero-order valence-corrected chi connectivity index (χ0v) is 9.06. The zero-order valence-electron chi connectivity index (χ0n) is 9.06. The molecule has 80 valence electrons. The molecule has 0 unspecified atom stereocenters. The van der Waals surface area contributed by atoms with Gasteiger partial charge in [0.1, 0.15) is 11.4 Å². The minimum Gasteiger partial charge on any atom is -0.489 e. The Hall–Kier alpha value is -1.38. The second-order valence-corrected chi connectivity index (χ2v) is 4.24. The maximum Gasteiger partial charge on any atom is 0.168 e. The standard InChI is InChI=1S/C12H15NO2/c1-8(2)11-5-10(15-9-3-4-9)6-13-12(11)7-14/h5-9H,3-4H2,1-2H3. The number of hydrogen-bond donors (Lipinski definition) is 0. The highest BCUT2D eigenvalue weighted by Crippen LogP contribution is 2.28. The van der Waals surface area contributed by atoms with Gasteiger partial charge in [-0.3, -0.25) is 4.79 Å². The van der Waals surface area contributed by atoms with Crippen LogP contribution >= 0.6 is 0 Å². The first-order valence-electron chi connectivity index (χ1n) is 5.32. The molecule has 1 saturated carbocycles. The van der Waals surface area contributed by atoms with Crippen molar-refractivity contribution in [3.63, 3.8) is 0 Å². The van der Waals surface area contributed by atoms with Crippen molar-refractivity contribution in [1.29, 1.82) is 0 Å². The Balaban J connectivity index is 2.26. The first-order valence-corrected chi connectivity index (χ1v) is 5.32. The first kappa shape index (κ1) is 10.1. The van der Waals surface area contributed by atoms with E-state index < -0.39 is 0 Å². The molecule has 1 aromatic rings. The van der Waals surface area contributed by atoms with Gasteiger partial charge in [-0.15, -0.1) is 0 Å². The molecule has 3 heteroatoms. The van der Waals surface area contributed by atoms with Crippen molar-refractivity contribution in [2.45, 2.75) is 38.7 Å². The highest BCUT2D eigenvalue weighted by Gasteiger charge is 2.24. The monoisotopic (exact) mass is 205 g/mol. The van der Waals surface area contributed by atoms with Crippen LogP contribution in [0, 0.1) is 0 Å². The average Bonchev–Trinajstić information content (AvgIpc) is 3.01. The van der Waals surface area contributed by atoms with Crippen molar-refractivity contribution in [2.24, 2.45) is 0 Å². The molecule has 0 aliphatic heterocycles. The lowest BCUT2D eigenvalue weighted by Gasteiger charge is -2.10. The van der Waals surface area contributed by atoms with E-state index in [1.165, 1.54) is 0 Å². The summed E-state index contributed by atoms with van der Waals surface area (Å²) in [6, 6.07) is 1.93. The van der Waals surface area contributed by atoms with Crippen molar-refractivity contribution in [1.82, 2.24) is 4.98 Å². The second kappa shape index (κ2) is 4.01. The smallest absolute Gasteiger partial charge is 0.168 e. The van der Waals surface area contributed by atoms with Crippen LogP contribution in [0.1, 0.15) is 48.7 Å². The number of ether oxygens (including phenoxy) is 1. The summed E-state index contributed by atoms with van der Waals surface area (Å²) in [6.07, 6.45) is 5.07. The van der Waals surface area contributed by atoms with Gasteiger partial charge in [-0.05, 0) is 30.4 Å². The first-order chi connectivity index (χ1) is 7.20. The molecule has 1 fully saturated rings. The lowest BCUT2D eigenvalue weighted by molar-refractivity contribution is 0.111. The highest BCUT2D eigenvalue weighted by molar-refractivity contribution is 5.74. The summed E-state index contributed by atoms with van der Waals surface area (Å²) in [6.45, 7) is 4.09. The fourth-order valence-electron chi connectivity index (χ4n) is 1.48. The van der Waals surface area contributed by atoms with E-state index in [-0.39, 0.29) is 0 Å². The Bertz CT molecular complexity index is 370. The lowest BCUT2D eigenvalue weighted by atomic mass is 10.0. The fraction of sp³-hybridized carbons (Fsp3) is 0.500. The van der Waals surface area contributed by atoms with E-state index >= 15 is 0 Å². The highest BCUT2D eigenvalue weighted by atomic mass is 16.5. The predicted molar refractivity (Wildman–Crippen MR) is 57.4 cm³/mol. The van der Waals surface area contributed by atoms with Crippen LogP contribution in [-0.2, 0) is 0 Å². The van der Waals surface area contributed by atoms with Gasteiger partial charge in [-0.2, -0.15) is 0 Å². The summed E-state index contributed by atoms with van der Waals surface area (Å²) in [4.78, 5) is 14.9. The molecule has 15 heavy (non-hydrogen) atoms. The van der Waals surface area contributed by atoms with Gasteiger partial charge < -0.3 is 4.74 Å². The van der Waals surface area contributed by atoms with Gasteiger partial charge in [0.25, 0.3) is 0 Å². The van der Waals surface area contributed by atoms with Crippen LogP contribution in [0.25, 0.3) is 0 Å². The number of hydrogen-bond acceptors (Lipinski definition) is 3. The van der Waals surface area contributed by atoms with Gasteiger partial charge in [0, 0.05) is 0 Å². The molecule has 1 aliphatic carbocycles. The van der Waals surface area contributed by atoms with Crippen molar-refractivity contribution in [2.75, 3.05) is 0 Å². The van der Waals surface area contributed by atoms with Crippen LogP contribution in [0.2, 0.25) is 0 Å². The number of pyridine rings is 1. The molecular weight excluding hydrogens is 190 g/mol. The zero-order chi connectivity index (χ0) is 10.8. The maximum atomic E-state index is 10.8. The predicted octanol–water partition coefficient (Wildman–Crippen LogP) is 2.56. The summed E-state index contributed by atoms with van der Waals surface area (Å²) in [5.41, 5.74) is 1.48. The lowest BCUT2D eigenvalue weighted by Crippen LogP contribution is -2.02. The quantitative estimate of drug-likeness (QED) is 0.709. The van der Waals surface area contributed by atoms with Crippen LogP contribution in [0.3, 0.4) is 0 Å². The molecule has 0 radical (unpaired) electrons. The Morgan fingerprint density at radius 3 is 2.80 bits per heavy atom. The minimum absolute atomic E-state index is 0.292. The normalized spacial score (nSPS) is 15.4. The van der Waals surface area contributed by atoms with E-state index in [4.69, 9.17) is 4.74 Å². The van der Waals surface area contributed by atoms with Crippen LogP contribution in [0.4, 0.5) is 0 Å². The Morgan fingerprint density at radius 2 is 2.27 bits per heavy atom. The summed E-state index contributed by atoms with van der Waals surface area (Å²) < 4.78 is 5.64. The molecule has 0 N–H and O–H groups in total. The van der Waals surface area contributed by atoms with Crippen molar-refractivity contribution in [3.8, 4) is 5.75 Å². The molecule has 0 bridgehead atoms. The summed E-state index contributed by atoms with van der Waals surface area (Å²) in [7, 11) is 0. The van der Waals surface area contributed by atoms with E-state index in [1.54, 1.807) is 6.20 Å². The van der Waals surface area contributed by atoms with Crippen molar-refractivity contribution in [3.05, 3.63) is 23.5 Å². The third-order valence-electron chi connectivity index (χ3n) is 2.49. The Kier molecular flexibility index (Phi) is 2.71. The van der Waals surface area contributed by atoms with Gasteiger partial charge in [0.2, 0.25) is 0 Å². The molecule has 0 atom stereocenters.